The van der Waals surface area contributed by atoms with Crippen LogP contribution in [0.5, 0.6) is 0 Å². The first-order chi connectivity index (χ1) is 4.46. The molecule has 0 heterocycles. The predicted molar refractivity (Wildman–Crippen MR) is 45.9 cm³/mol. The molecule has 0 radical (unpaired) electrons. The highest BCUT2D eigenvalue weighted by Crippen LogP contribution is 2.49. The van der Waals surface area contributed by atoms with Gasteiger partial charge in [0.2, 0.25) is 0 Å². The summed E-state index contributed by atoms with van der Waals surface area (Å²) in [5.74, 6) is 2.75. The normalized spacial score (nSPS) is 45.9. The molecule has 0 N–H and O–H groups in total. The summed E-state index contributed by atoms with van der Waals surface area (Å²) < 4.78 is 0. The maximum Gasteiger partial charge on any atom is -0.0300 e. The molecule has 1 rings (SSSR count). The Bertz CT molecular complexity index is 124. The summed E-state index contributed by atoms with van der Waals surface area (Å²) in [7, 11) is 0. The molecule has 1 saturated carbocycles. The highest BCUT2D eigenvalue weighted by molar-refractivity contribution is 4.91. The molecule has 0 amide bonds. The maximum absolute atomic E-state index is 2.41. The lowest BCUT2D eigenvalue weighted by molar-refractivity contribution is 0.198. The molecule has 0 aromatic carbocycles. The average Bonchev–Trinajstić information content (AvgIpc) is 1.97. The molecule has 10 heavy (non-hydrogen) atoms. The molecule has 0 aliphatic heterocycles. The zero-order valence-corrected chi connectivity index (χ0v) is 7.94. The van der Waals surface area contributed by atoms with Gasteiger partial charge in [-0.05, 0) is 29.6 Å². The van der Waals surface area contributed by atoms with Crippen LogP contribution in [0.2, 0.25) is 0 Å². The molecule has 3 atom stereocenters. The van der Waals surface area contributed by atoms with Crippen molar-refractivity contribution >= 4 is 0 Å². The first-order valence-electron chi connectivity index (χ1n) is 4.46. The Morgan fingerprint density at radius 2 is 1.60 bits per heavy atom. The molecule has 1 fully saturated rings. The summed E-state index contributed by atoms with van der Waals surface area (Å²) in [5, 5.41) is 0. The van der Waals surface area contributed by atoms with Gasteiger partial charge in [-0.3, -0.25) is 0 Å². The van der Waals surface area contributed by atoms with E-state index in [0.29, 0.717) is 5.41 Å². The molecule has 0 nitrogen and oxygen atoms in total. The monoisotopic (exact) mass is 140 g/mol. The van der Waals surface area contributed by atoms with E-state index in [1.54, 1.807) is 0 Å². The number of rotatable bonds is 0. The second-order valence-electron chi connectivity index (χ2n) is 4.72. The predicted octanol–water partition coefficient (Wildman–Crippen LogP) is 3.32. The number of hydrogen-bond donors (Lipinski definition) is 0. The van der Waals surface area contributed by atoms with Crippen LogP contribution < -0.4 is 0 Å². The van der Waals surface area contributed by atoms with Crippen molar-refractivity contribution in [2.75, 3.05) is 0 Å². The molecule has 2 unspecified atom stereocenters. The molecule has 0 heteroatoms. The van der Waals surface area contributed by atoms with Gasteiger partial charge >= 0.3 is 0 Å². The largest absolute Gasteiger partial charge is 0.0622 e. The Labute approximate surface area is 65.0 Å². The van der Waals surface area contributed by atoms with Gasteiger partial charge in [0.25, 0.3) is 0 Å². The SMILES string of the molecule is CC1C[C@@H](C)C(C)(C)C1C. The fourth-order valence-electron chi connectivity index (χ4n) is 2.25. The lowest BCUT2D eigenvalue weighted by Gasteiger charge is -2.29. The van der Waals surface area contributed by atoms with E-state index in [2.05, 4.69) is 34.6 Å². The fourth-order valence-corrected chi connectivity index (χ4v) is 2.25. The van der Waals surface area contributed by atoms with Gasteiger partial charge in [-0.2, -0.15) is 0 Å². The van der Waals surface area contributed by atoms with Crippen LogP contribution in [0.25, 0.3) is 0 Å². The summed E-state index contributed by atoms with van der Waals surface area (Å²) >= 11 is 0. The third kappa shape index (κ3) is 0.980. The average molecular weight is 140 g/mol. The summed E-state index contributed by atoms with van der Waals surface area (Å²) in [6.07, 6.45) is 1.42. The van der Waals surface area contributed by atoms with Crippen LogP contribution in [0.15, 0.2) is 0 Å². The molecular weight excluding hydrogens is 120 g/mol. The Morgan fingerprint density at radius 3 is 1.70 bits per heavy atom. The van der Waals surface area contributed by atoms with Crippen LogP contribution in [0, 0.1) is 23.2 Å². The Kier molecular flexibility index (Phi) is 1.82. The van der Waals surface area contributed by atoms with Crippen molar-refractivity contribution in [3.05, 3.63) is 0 Å². The third-order valence-corrected chi connectivity index (χ3v) is 4.02. The van der Waals surface area contributed by atoms with Crippen molar-refractivity contribution in [1.29, 1.82) is 0 Å². The van der Waals surface area contributed by atoms with Crippen LogP contribution in [0.4, 0.5) is 0 Å². The molecular formula is C10H20. The van der Waals surface area contributed by atoms with Crippen LogP contribution in [0.3, 0.4) is 0 Å². The third-order valence-electron chi connectivity index (χ3n) is 4.02. The van der Waals surface area contributed by atoms with E-state index in [1.165, 1.54) is 6.42 Å². The standard InChI is InChI=1S/C10H20/c1-7-6-8(2)10(4,5)9(7)3/h7-9H,6H2,1-5H3/t7?,8-,9?/m1/s1. The van der Waals surface area contributed by atoms with Crippen molar-refractivity contribution in [3.63, 3.8) is 0 Å². The summed E-state index contributed by atoms with van der Waals surface area (Å²) in [4.78, 5) is 0. The fraction of sp³-hybridized carbons (Fsp3) is 1.00. The molecule has 1 aliphatic carbocycles. The zero-order valence-electron chi connectivity index (χ0n) is 7.94. The second-order valence-corrected chi connectivity index (χ2v) is 4.72. The molecule has 0 spiro atoms. The lowest BCUT2D eigenvalue weighted by Crippen LogP contribution is -2.22. The van der Waals surface area contributed by atoms with E-state index >= 15 is 0 Å². The van der Waals surface area contributed by atoms with E-state index in [-0.39, 0.29) is 0 Å². The zero-order chi connectivity index (χ0) is 7.94. The highest BCUT2D eigenvalue weighted by atomic mass is 14.5. The van der Waals surface area contributed by atoms with E-state index in [4.69, 9.17) is 0 Å². The van der Waals surface area contributed by atoms with Gasteiger partial charge in [0.1, 0.15) is 0 Å². The van der Waals surface area contributed by atoms with Crippen LogP contribution >= 0.6 is 0 Å². The van der Waals surface area contributed by atoms with Crippen molar-refractivity contribution in [2.24, 2.45) is 23.2 Å². The quantitative estimate of drug-likeness (QED) is 0.484. The molecule has 0 saturated heterocycles. The molecule has 1 aliphatic rings. The molecule has 0 bridgehead atoms. The van der Waals surface area contributed by atoms with E-state index in [9.17, 15) is 0 Å². The molecule has 0 aromatic rings. The highest BCUT2D eigenvalue weighted by Gasteiger charge is 2.41. The van der Waals surface area contributed by atoms with E-state index in [1.807, 2.05) is 0 Å². The van der Waals surface area contributed by atoms with Crippen LogP contribution in [-0.2, 0) is 0 Å². The smallest absolute Gasteiger partial charge is 0.0300 e. The minimum atomic E-state index is 0.583. The van der Waals surface area contributed by atoms with Gasteiger partial charge in [-0.1, -0.05) is 34.6 Å². The lowest BCUT2D eigenvalue weighted by atomic mass is 9.76. The Balaban J connectivity index is 2.75. The van der Waals surface area contributed by atoms with Gasteiger partial charge in [0.05, 0.1) is 0 Å². The summed E-state index contributed by atoms with van der Waals surface area (Å²) in [6, 6.07) is 0. The van der Waals surface area contributed by atoms with E-state index in [0.717, 1.165) is 17.8 Å². The second kappa shape index (κ2) is 2.25. The van der Waals surface area contributed by atoms with Crippen molar-refractivity contribution in [2.45, 2.75) is 41.0 Å². The van der Waals surface area contributed by atoms with Crippen LogP contribution in [-0.4, -0.2) is 0 Å². The van der Waals surface area contributed by atoms with Gasteiger partial charge in [0.15, 0.2) is 0 Å². The van der Waals surface area contributed by atoms with Crippen molar-refractivity contribution in [1.82, 2.24) is 0 Å². The summed E-state index contributed by atoms with van der Waals surface area (Å²) in [5.41, 5.74) is 0.583. The summed E-state index contributed by atoms with van der Waals surface area (Å²) in [6.45, 7) is 12.0. The topological polar surface area (TPSA) is 0 Å². The first-order valence-corrected chi connectivity index (χ1v) is 4.46. The van der Waals surface area contributed by atoms with Gasteiger partial charge < -0.3 is 0 Å². The van der Waals surface area contributed by atoms with Gasteiger partial charge in [0, 0.05) is 0 Å². The minimum Gasteiger partial charge on any atom is -0.0622 e. The van der Waals surface area contributed by atoms with E-state index < -0.39 is 0 Å². The van der Waals surface area contributed by atoms with Gasteiger partial charge in [-0.15, -0.1) is 0 Å². The van der Waals surface area contributed by atoms with Gasteiger partial charge in [-0.25, -0.2) is 0 Å². The first kappa shape index (κ1) is 8.10. The van der Waals surface area contributed by atoms with Crippen LogP contribution in [0.1, 0.15) is 41.0 Å². The molecule has 60 valence electrons. The van der Waals surface area contributed by atoms with Crippen molar-refractivity contribution < 1.29 is 0 Å². The van der Waals surface area contributed by atoms with Crippen molar-refractivity contribution in [3.8, 4) is 0 Å². The number of hydrogen-bond acceptors (Lipinski definition) is 0. The molecule has 0 aromatic heterocycles. The minimum absolute atomic E-state index is 0.583. The Morgan fingerprint density at radius 1 is 1.10 bits per heavy atom. The Hall–Kier alpha value is 0. The maximum atomic E-state index is 2.41.